The molecule has 0 saturated carbocycles. The van der Waals surface area contributed by atoms with E-state index in [4.69, 9.17) is 22.1 Å². The summed E-state index contributed by atoms with van der Waals surface area (Å²) in [6.07, 6.45) is 0. The molecule has 0 radical (unpaired) electrons. The van der Waals surface area contributed by atoms with Crippen molar-refractivity contribution >= 4 is 29.1 Å². The van der Waals surface area contributed by atoms with Crippen LogP contribution in [0.1, 0.15) is 6.92 Å². The van der Waals surface area contributed by atoms with Crippen molar-refractivity contribution in [3.63, 3.8) is 0 Å². The van der Waals surface area contributed by atoms with Crippen LogP contribution in [-0.4, -0.2) is 23.8 Å². The van der Waals surface area contributed by atoms with Gasteiger partial charge in [-0.15, -0.1) is 11.6 Å². The van der Waals surface area contributed by atoms with Gasteiger partial charge in [0.1, 0.15) is 11.1 Å². The molecule has 0 bridgehead atoms. The number of anilines is 1. The lowest BCUT2D eigenvalue weighted by molar-refractivity contribution is -0.120. The summed E-state index contributed by atoms with van der Waals surface area (Å²) in [5, 5.41) is 1.98. The molecule has 0 spiro atoms. The number of hydrogen-bond acceptors (Lipinski definition) is 3. The minimum Gasteiger partial charge on any atom is -0.484 e. The van der Waals surface area contributed by atoms with Crippen LogP contribution in [0.2, 0.25) is 0 Å². The van der Waals surface area contributed by atoms with Crippen LogP contribution < -0.4 is 15.8 Å². The number of rotatable bonds is 5. The highest BCUT2D eigenvalue weighted by Crippen LogP contribution is 2.17. The quantitative estimate of drug-likeness (QED) is 0.775. The number of nitrogens with one attached hydrogen (secondary N) is 1. The van der Waals surface area contributed by atoms with Gasteiger partial charge in [-0.2, -0.15) is 0 Å². The molecule has 0 fully saturated rings. The van der Waals surface area contributed by atoms with Crippen LogP contribution in [-0.2, 0) is 9.59 Å². The smallest absolute Gasteiger partial charge is 0.255 e. The third-order valence-corrected chi connectivity index (χ3v) is 2.04. The maximum absolute atomic E-state index is 11.3. The Labute approximate surface area is 104 Å². The van der Waals surface area contributed by atoms with E-state index in [0.29, 0.717) is 11.4 Å². The van der Waals surface area contributed by atoms with E-state index in [0.717, 1.165) is 0 Å². The fourth-order valence-electron chi connectivity index (χ4n) is 1.06. The molecule has 1 aromatic carbocycles. The molecular formula is C11H13ClN2O3. The lowest BCUT2D eigenvalue weighted by atomic mass is 10.3. The fourth-order valence-corrected chi connectivity index (χ4v) is 1.11. The number of halogens is 1. The number of benzene rings is 1. The number of hydrogen-bond donors (Lipinski definition) is 2. The fraction of sp³-hybridized carbons (Fsp3) is 0.273. The highest BCUT2D eigenvalue weighted by molar-refractivity contribution is 6.32. The molecule has 17 heavy (non-hydrogen) atoms. The summed E-state index contributed by atoms with van der Waals surface area (Å²) in [4.78, 5) is 21.9. The molecule has 3 N–H and O–H groups in total. The Morgan fingerprint density at radius 2 is 2.24 bits per heavy atom. The number of primary amides is 1. The van der Waals surface area contributed by atoms with Gasteiger partial charge in [0.25, 0.3) is 5.91 Å². The molecule has 0 aliphatic carbocycles. The Bertz CT molecular complexity index is 421. The van der Waals surface area contributed by atoms with Crippen LogP contribution in [0.4, 0.5) is 5.69 Å². The van der Waals surface area contributed by atoms with Gasteiger partial charge >= 0.3 is 0 Å². The Morgan fingerprint density at radius 1 is 1.53 bits per heavy atom. The van der Waals surface area contributed by atoms with Gasteiger partial charge < -0.3 is 15.8 Å². The van der Waals surface area contributed by atoms with Crippen molar-refractivity contribution in [2.24, 2.45) is 5.73 Å². The molecule has 6 heteroatoms. The summed E-state index contributed by atoms with van der Waals surface area (Å²) < 4.78 is 5.09. The first kappa shape index (κ1) is 13.3. The Morgan fingerprint density at radius 3 is 2.82 bits per heavy atom. The van der Waals surface area contributed by atoms with E-state index in [-0.39, 0.29) is 12.5 Å². The van der Waals surface area contributed by atoms with E-state index >= 15 is 0 Å². The molecule has 5 nitrogen and oxygen atoms in total. The van der Waals surface area contributed by atoms with Crippen LogP contribution in [0, 0.1) is 0 Å². The zero-order chi connectivity index (χ0) is 12.8. The molecule has 0 saturated heterocycles. The van der Waals surface area contributed by atoms with Gasteiger partial charge in [0.2, 0.25) is 5.91 Å². The van der Waals surface area contributed by atoms with Gasteiger partial charge in [-0.3, -0.25) is 9.59 Å². The number of amides is 2. The van der Waals surface area contributed by atoms with E-state index in [1.54, 1.807) is 31.2 Å². The van der Waals surface area contributed by atoms with Gasteiger partial charge in [-0.05, 0) is 19.1 Å². The normalized spacial score (nSPS) is 11.6. The predicted molar refractivity (Wildman–Crippen MR) is 65.1 cm³/mol. The van der Waals surface area contributed by atoms with Crippen LogP contribution in [0.15, 0.2) is 24.3 Å². The Kier molecular flexibility index (Phi) is 4.78. The molecule has 0 aliphatic rings. The first-order chi connectivity index (χ1) is 7.99. The van der Waals surface area contributed by atoms with Crippen molar-refractivity contribution in [1.29, 1.82) is 0 Å². The molecule has 2 amide bonds. The van der Waals surface area contributed by atoms with Gasteiger partial charge in [-0.1, -0.05) is 6.07 Å². The number of alkyl halides is 1. The van der Waals surface area contributed by atoms with Crippen LogP contribution in [0.25, 0.3) is 0 Å². The standard InChI is InChI=1S/C11H13ClN2O3/c1-7(12)11(16)14-8-3-2-4-9(5-8)17-6-10(13)15/h2-5,7H,6H2,1H3,(H2,13,15)(H,14,16). The maximum atomic E-state index is 11.3. The average molecular weight is 257 g/mol. The monoisotopic (exact) mass is 256 g/mol. The van der Waals surface area contributed by atoms with Crippen molar-refractivity contribution in [2.75, 3.05) is 11.9 Å². The summed E-state index contributed by atoms with van der Waals surface area (Å²) in [7, 11) is 0. The third-order valence-electron chi connectivity index (χ3n) is 1.84. The predicted octanol–water partition coefficient (Wildman–Crippen LogP) is 1.12. The highest BCUT2D eigenvalue weighted by Gasteiger charge is 2.09. The van der Waals surface area contributed by atoms with Gasteiger partial charge in [0.15, 0.2) is 6.61 Å². The first-order valence-electron chi connectivity index (χ1n) is 4.95. The molecule has 0 aromatic heterocycles. The summed E-state index contributed by atoms with van der Waals surface area (Å²) in [6, 6.07) is 6.61. The lowest BCUT2D eigenvalue weighted by Crippen LogP contribution is -2.21. The number of carbonyl (C=O) groups is 2. The second-order valence-corrected chi connectivity index (χ2v) is 4.04. The molecule has 1 atom stereocenters. The molecule has 1 aromatic rings. The summed E-state index contributed by atoms with van der Waals surface area (Å²) in [5.74, 6) is -0.420. The largest absolute Gasteiger partial charge is 0.484 e. The zero-order valence-electron chi connectivity index (χ0n) is 9.27. The van der Waals surface area contributed by atoms with Crippen LogP contribution in [0.5, 0.6) is 5.75 Å². The number of carbonyl (C=O) groups excluding carboxylic acids is 2. The molecule has 92 valence electrons. The summed E-state index contributed by atoms with van der Waals surface area (Å²) in [6.45, 7) is 1.37. The SMILES string of the molecule is CC(Cl)C(=O)Nc1cccc(OCC(N)=O)c1. The number of nitrogens with two attached hydrogens (primary N) is 1. The average Bonchev–Trinajstić information content (AvgIpc) is 2.26. The van der Waals surface area contributed by atoms with Gasteiger partial charge in [0.05, 0.1) is 0 Å². The Balaban J connectivity index is 2.65. The topological polar surface area (TPSA) is 81.4 Å². The zero-order valence-corrected chi connectivity index (χ0v) is 10.0. The van der Waals surface area contributed by atoms with Crippen molar-refractivity contribution in [3.8, 4) is 5.75 Å². The van der Waals surface area contributed by atoms with Crippen LogP contribution in [0.3, 0.4) is 0 Å². The lowest BCUT2D eigenvalue weighted by Gasteiger charge is -2.08. The van der Waals surface area contributed by atoms with E-state index < -0.39 is 11.3 Å². The second-order valence-electron chi connectivity index (χ2n) is 3.39. The van der Waals surface area contributed by atoms with Gasteiger partial charge in [0, 0.05) is 11.8 Å². The van der Waals surface area contributed by atoms with E-state index in [1.807, 2.05) is 0 Å². The maximum Gasteiger partial charge on any atom is 0.255 e. The van der Waals surface area contributed by atoms with Crippen molar-refractivity contribution < 1.29 is 14.3 Å². The van der Waals surface area contributed by atoms with Gasteiger partial charge in [-0.25, -0.2) is 0 Å². The molecule has 1 unspecified atom stereocenters. The van der Waals surface area contributed by atoms with Crippen molar-refractivity contribution in [3.05, 3.63) is 24.3 Å². The first-order valence-corrected chi connectivity index (χ1v) is 5.39. The van der Waals surface area contributed by atoms with E-state index in [1.165, 1.54) is 0 Å². The highest BCUT2D eigenvalue weighted by atomic mass is 35.5. The second kappa shape index (κ2) is 6.10. The molecule has 1 rings (SSSR count). The molecule has 0 aliphatic heterocycles. The van der Waals surface area contributed by atoms with E-state index in [9.17, 15) is 9.59 Å². The Hall–Kier alpha value is -1.75. The third kappa shape index (κ3) is 4.74. The van der Waals surface area contributed by atoms with E-state index in [2.05, 4.69) is 5.32 Å². The minimum atomic E-state index is -0.620. The van der Waals surface area contributed by atoms with Crippen molar-refractivity contribution in [2.45, 2.75) is 12.3 Å². The molecule has 0 heterocycles. The summed E-state index contributed by atoms with van der Waals surface area (Å²) >= 11 is 5.62. The van der Waals surface area contributed by atoms with Crippen LogP contribution >= 0.6 is 11.6 Å². The minimum absolute atomic E-state index is 0.205. The molecular weight excluding hydrogens is 244 g/mol. The summed E-state index contributed by atoms with van der Waals surface area (Å²) in [5.41, 5.74) is 5.49. The number of ether oxygens (including phenoxy) is 1. The van der Waals surface area contributed by atoms with Crippen molar-refractivity contribution in [1.82, 2.24) is 0 Å².